The van der Waals surface area contributed by atoms with Crippen LogP contribution < -0.4 is 9.47 Å². The van der Waals surface area contributed by atoms with E-state index in [1.807, 2.05) is 0 Å². The number of fused-ring (bicyclic) bond motifs is 1. The molecular formula is C16H10ClF3N2O2. The van der Waals surface area contributed by atoms with Crippen molar-refractivity contribution in [1.82, 2.24) is 9.97 Å². The molecule has 1 heterocycles. The standard InChI is InChI=1S/C16H10ClF3N2O2/c1-23-15-11-7-10(3-4-13(11)21-8-22-15)24-14-5-2-9(6-12(14)17)16(18,19)20/h2-8H,1H3. The summed E-state index contributed by atoms with van der Waals surface area (Å²) in [5.74, 6) is 0.848. The molecule has 0 aliphatic heterocycles. The Bertz CT molecular complexity index is 900. The lowest BCUT2D eigenvalue weighted by molar-refractivity contribution is -0.137. The molecule has 0 aliphatic rings. The van der Waals surface area contributed by atoms with Crippen LogP contribution in [0.2, 0.25) is 5.02 Å². The van der Waals surface area contributed by atoms with Crippen molar-refractivity contribution in [1.29, 1.82) is 0 Å². The SMILES string of the molecule is COc1ncnc2ccc(Oc3ccc(C(F)(F)F)cc3Cl)cc12. The molecule has 124 valence electrons. The summed E-state index contributed by atoms with van der Waals surface area (Å²) in [5.41, 5.74) is -0.193. The van der Waals surface area contributed by atoms with Gasteiger partial charge in [-0.1, -0.05) is 11.6 Å². The lowest BCUT2D eigenvalue weighted by Crippen LogP contribution is -2.04. The number of hydrogen-bond acceptors (Lipinski definition) is 4. The Hall–Kier alpha value is -2.54. The van der Waals surface area contributed by atoms with Crippen LogP contribution in [0.25, 0.3) is 10.9 Å². The topological polar surface area (TPSA) is 44.2 Å². The molecule has 0 saturated carbocycles. The zero-order valence-corrected chi connectivity index (χ0v) is 13.0. The Morgan fingerprint density at radius 3 is 2.50 bits per heavy atom. The molecule has 3 rings (SSSR count). The average Bonchev–Trinajstić information content (AvgIpc) is 2.55. The number of ether oxygens (including phenoxy) is 2. The van der Waals surface area contributed by atoms with Gasteiger partial charge >= 0.3 is 6.18 Å². The number of aromatic nitrogens is 2. The highest BCUT2D eigenvalue weighted by molar-refractivity contribution is 6.32. The number of benzene rings is 2. The van der Waals surface area contributed by atoms with E-state index in [9.17, 15) is 13.2 Å². The van der Waals surface area contributed by atoms with E-state index in [4.69, 9.17) is 21.1 Å². The van der Waals surface area contributed by atoms with Gasteiger partial charge in [-0.05, 0) is 36.4 Å². The molecule has 0 saturated heterocycles. The van der Waals surface area contributed by atoms with Crippen molar-refractivity contribution in [2.75, 3.05) is 7.11 Å². The van der Waals surface area contributed by atoms with Crippen molar-refractivity contribution >= 4 is 22.5 Å². The number of alkyl halides is 3. The minimum atomic E-state index is -4.46. The van der Waals surface area contributed by atoms with E-state index >= 15 is 0 Å². The molecule has 24 heavy (non-hydrogen) atoms. The first kappa shape index (κ1) is 16.3. The van der Waals surface area contributed by atoms with Crippen molar-refractivity contribution in [3.8, 4) is 17.4 Å². The van der Waals surface area contributed by atoms with Gasteiger partial charge in [0.1, 0.15) is 17.8 Å². The summed E-state index contributed by atoms with van der Waals surface area (Å²) in [7, 11) is 1.47. The van der Waals surface area contributed by atoms with E-state index in [1.54, 1.807) is 18.2 Å². The van der Waals surface area contributed by atoms with E-state index in [2.05, 4.69) is 9.97 Å². The number of rotatable bonds is 3. The molecule has 0 amide bonds. The largest absolute Gasteiger partial charge is 0.480 e. The van der Waals surface area contributed by atoms with E-state index in [1.165, 1.54) is 19.5 Å². The smallest absolute Gasteiger partial charge is 0.416 e. The highest BCUT2D eigenvalue weighted by Crippen LogP contribution is 2.37. The lowest BCUT2D eigenvalue weighted by atomic mass is 10.2. The van der Waals surface area contributed by atoms with Crippen LogP contribution in [0.5, 0.6) is 17.4 Å². The predicted octanol–water partition coefficient (Wildman–Crippen LogP) is 5.10. The second-order valence-corrected chi connectivity index (χ2v) is 5.21. The summed E-state index contributed by atoms with van der Waals surface area (Å²) >= 11 is 5.89. The quantitative estimate of drug-likeness (QED) is 0.656. The number of hydrogen-bond donors (Lipinski definition) is 0. The number of halogens is 4. The summed E-state index contributed by atoms with van der Waals surface area (Å²) in [5, 5.41) is 0.474. The van der Waals surface area contributed by atoms with Gasteiger partial charge in [0.25, 0.3) is 0 Å². The maximum atomic E-state index is 12.7. The van der Waals surface area contributed by atoms with Gasteiger partial charge in [0, 0.05) is 0 Å². The Kier molecular flexibility index (Phi) is 4.19. The van der Waals surface area contributed by atoms with E-state index in [0.29, 0.717) is 22.5 Å². The van der Waals surface area contributed by atoms with Crippen LogP contribution in [0.4, 0.5) is 13.2 Å². The Morgan fingerprint density at radius 2 is 1.83 bits per heavy atom. The zero-order chi connectivity index (χ0) is 17.3. The first-order valence-electron chi connectivity index (χ1n) is 6.72. The summed E-state index contributed by atoms with van der Waals surface area (Å²) in [6.45, 7) is 0. The van der Waals surface area contributed by atoms with Crippen LogP contribution in [0.1, 0.15) is 5.56 Å². The zero-order valence-electron chi connectivity index (χ0n) is 12.3. The highest BCUT2D eigenvalue weighted by atomic mass is 35.5. The van der Waals surface area contributed by atoms with Gasteiger partial charge < -0.3 is 9.47 Å². The molecule has 3 aromatic rings. The molecular weight excluding hydrogens is 345 g/mol. The average molecular weight is 355 g/mol. The molecule has 0 unspecified atom stereocenters. The summed E-state index contributed by atoms with van der Waals surface area (Å²) in [4.78, 5) is 8.09. The molecule has 0 atom stereocenters. The molecule has 8 heteroatoms. The normalized spacial score (nSPS) is 11.5. The van der Waals surface area contributed by atoms with E-state index in [-0.39, 0.29) is 10.8 Å². The van der Waals surface area contributed by atoms with Crippen molar-refractivity contribution < 1.29 is 22.6 Å². The molecule has 2 aromatic carbocycles. The minimum absolute atomic E-state index is 0.111. The fourth-order valence-electron chi connectivity index (χ4n) is 2.13. The fraction of sp³-hybridized carbons (Fsp3) is 0.125. The Balaban J connectivity index is 1.95. The van der Waals surface area contributed by atoms with E-state index < -0.39 is 11.7 Å². The molecule has 0 aliphatic carbocycles. The molecule has 0 N–H and O–H groups in total. The maximum Gasteiger partial charge on any atom is 0.416 e. The van der Waals surface area contributed by atoms with Gasteiger partial charge in [-0.15, -0.1) is 0 Å². The van der Waals surface area contributed by atoms with Crippen LogP contribution >= 0.6 is 11.6 Å². The van der Waals surface area contributed by atoms with Crippen LogP contribution in [0, 0.1) is 0 Å². The maximum absolute atomic E-state index is 12.7. The van der Waals surface area contributed by atoms with Gasteiger partial charge in [-0.2, -0.15) is 13.2 Å². The van der Waals surface area contributed by atoms with Crippen molar-refractivity contribution in [3.63, 3.8) is 0 Å². The lowest BCUT2D eigenvalue weighted by Gasteiger charge is -2.12. The van der Waals surface area contributed by atoms with Crippen molar-refractivity contribution in [2.24, 2.45) is 0 Å². The summed E-state index contributed by atoms with van der Waals surface area (Å²) in [6, 6.07) is 7.85. The minimum Gasteiger partial charge on any atom is -0.480 e. The third-order valence-electron chi connectivity index (χ3n) is 3.25. The van der Waals surface area contributed by atoms with E-state index in [0.717, 1.165) is 12.1 Å². The van der Waals surface area contributed by atoms with Crippen molar-refractivity contribution in [2.45, 2.75) is 6.18 Å². The second-order valence-electron chi connectivity index (χ2n) is 4.81. The Morgan fingerprint density at radius 1 is 1.04 bits per heavy atom. The summed E-state index contributed by atoms with van der Waals surface area (Å²) in [6.07, 6.45) is -3.09. The Labute approximate surface area is 139 Å². The summed E-state index contributed by atoms with van der Waals surface area (Å²) < 4.78 is 48.7. The van der Waals surface area contributed by atoms with Crippen molar-refractivity contribution in [3.05, 3.63) is 53.3 Å². The van der Waals surface area contributed by atoms with Crippen LogP contribution in [-0.4, -0.2) is 17.1 Å². The van der Waals surface area contributed by atoms with Gasteiger partial charge in [-0.3, -0.25) is 0 Å². The highest BCUT2D eigenvalue weighted by Gasteiger charge is 2.31. The predicted molar refractivity (Wildman–Crippen MR) is 82.6 cm³/mol. The first-order valence-corrected chi connectivity index (χ1v) is 7.09. The molecule has 0 bridgehead atoms. The monoisotopic (exact) mass is 354 g/mol. The van der Waals surface area contributed by atoms with Gasteiger partial charge in [0.05, 0.1) is 28.6 Å². The molecule has 0 fully saturated rings. The van der Waals surface area contributed by atoms with Gasteiger partial charge in [0.2, 0.25) is 5.88 Å². The second kappa shape index (κ2) is 6.16. The third kappa shape index (κ3) is 3.21. The van der Waals surface area contributed by atoms with Crippen LogP contribution in [0.15, 0.2) is 42.7 Å². The number of methoxy groups -OCH3 is 1. The molecule has 0 radical (unpaired) electrons. The third-order valence-corrected chi connectivity index (χ3v) is 3.55. The van der Waals surface area contributed by atoms with Gasteiger partial charge in [-0.25, -0.2) is 9.97 Å². The number of nitrogens with zero attached hydrogens (tertiary/aromatic N) is 2. The van der Waals surface area contributed by atoms with Crippen LogP contribution in [0.3, 0.4) is 0 Å². The molecule has 0 spiro atoms. The molecule has 1 aromatic heterocycles. The first-order chi connectivity index (χ1) is 11.4. The van der Waals surface area contributed by atoms with Crippen LogP contribution in [-0.2, 0) is 6.18 Å². The fourth-order valence-corrected chi connectivity index (χ4v) is 2.34. The van der Waals surface area contributed by atoms with Gasteiger partial charge in [0.15, 0.2) is 0 Å². The molecule has 4 nitrogen and oxygen atoms in total.